The van der Waals surface area contributed by atoms with Gasteiger partial charge in [0.2, 0.25) is 0 Å². The number of imidazole rings is 1. The van der Waals surface area contributed by atoms with Crippen LogP contribution < -0.4 is 10.1 Å². The molecule has 1 unspecified atom stereocenters. The molecule has 0 bridgehead atoms. The Morgan fingerprint density at radius 3 is 2.80 bits per heavy atom. The largest absolute Gasteiger partial charge is 0.496 e. The number of aromatic amines is 1. The molecule has 1 aromatic heterocycles. The van der Waals surface area contributed by atoms with E-state index in [1.54, 1.807) is 7.11 Å². The van der Waals surface area contributed by atoms with Gasteiger partial charge in [0.1, 0.15) is 17.3 Å². The van der Waals surface area contributed by atoms with Crippen LogP contribution in [0.3, 0.4) is 0 Å². The van der Waals surface area contributed by atoms with Crippen LogP contribution in [0.15, 0.2) is 24.3 Å². The van der Waals surface area contributed by atoms with Gasteiger partial charge in [-0.1, -0.05) is 18.2 Å². The van der Waals surface area contributed by atoms with Gasteiger partial charge in [-0.2, -0.15) is 0 Å². The number of hydrogen-bond donors (Lipinski definition) is 2. The fourth-order valence-electron chi connectivity index (χ4n) is 3.77. The number of carbonyl (C=O) groups excluding carboxylic acids is 1. The van der Waals surface area contributed by atoms with E-state index in [1.807, 2.05) is 18.2 Å². The molecule has 2 aliphatic heterocycles. The predicted molar refractivity (Wildman–Crippen MR) is 93.2 cm³/mol. The van der Waals surface area contributed by atoms with Crippen molar-refractivity contribution in [3.8, 4) is 5.75 Å². The van der Waals surface area contributed by atoms with Gasteiger partial charge in [-0.05, 0) is 30.9 Å². The highest BCUT2D eigenvalue weighted by atomic mass is 16.5. The zero-order chi connectivity index (χ0) is 17.2. The van der Waals surface area contributed by atoms with E-state index >= 15 is 0 Å². The molecule has 25 heavy (non-hydrogen) atoms. The first-order valence-electron chi connectivity index (χ1n) is 8.84. The number of aromatic nitrogens is 2. The molecule has 1 fully saturated rings. The van der Waals surface area contributed by atoms with Crippen LogP contribution in [0, 0.1) is 0 Å². The first-order valence-corrected chi connectivity index (χ1v) is 8.84. The zero-order valence-electron chi connectivity index (χ0n) is 14.4. The molecule has 1 amide bonds. The van der Waals surface area contributed by atoms with Crippen LogP contribution in [0.1, 0.15) is 52.2 Å². The molecule has 6 nitrogen and oxygen atoms in total. The van der Waals surface area contributed by atoms with Crippen molar-refractivity contribution in [1.82, 2.24) is 15.3 Å². The molecule has 0 spiro atoms. The lowest BCUT2D eigenvalue weighted by Gasteiger charge is -2.20. The van der Waals surface area contributed by atoms with Crippen molar-refractivity contribution in [3.63, 3.8) is 0 Å². The summed E-state index contributed by atoms with van der Waals surface area (Å²) in [5.41, 5.74) is 2.58. The number of hydrogen-bond acceptors (Lipinski definition) is 4. The highest BCUT2D eigenvalue weighted by Crippen LogP contribution is 2.32. The quantitative estimate of drug-likeness (QED) is 0.899. The Hall–Kier alpha value is -2.34. The highest BCUT2D eigenvalue weighted by molar-refractivity contribution is 5.94. The third-order valence-corrected chi connectivity index (χ3v) is 5.16. The van der Waals surface area contributed by atoms with Crippen LogP contribution in [0.5, 0.6) is 5.75 Å². The summed E-state index contributed by atoms with van der Waals surface area (Å²) in [6.45, 7) is 2.09. The number of methoxy groups -OCH3 is 1. The Bertz CT molecular complexity index is 765. The highest BCUT2D eigenvalue weighted by Gasteiger charge is 2.29. The Morgan fingerprint density at radius 2 is 2.00 bits per heavy atom. The number of nitrogens with zero attached hydrogens (tertiary/aromatic N) is 1. The topological polar surface area (TPSA) is 76.2 Å². The fourth-order valence-corrected chi connectivity index (χ4v) is 3.77. The summed E-state index contributed by atoms with van der Waals surface area (Å²) in [5, 5.41) is 3.02. The summed E-state index contributed by atoms with van der Waals surface area (Å²) in [5.74, 6) is 2.18. The second-order valence-corrected chi connectivity index (χ2v) is 6.69. The molecule has 0 aliphatic carbocycles. The molecule has 132 valence electrons. The van der Waals surface area contributed by atoms with Gasteiger partial charge in [-0.3, -0.25) is 4.79 Å². The van der Waals surface area contributed by atoms with Crippen molar-refractivity contribution in [1.29, 1.82) is 0 Å². The van der Waals surface area contributed by atoms with Gasteiger partial charge in [-0.15, -0.1) is 0 Å². The number of amides is 1. The van der Waals surface area contributed by atoms with Crippen LogP contribution >= 0.6 is 0 Å². The van der Waals surface area contributed by atoms with Gasteiger partial charge >= 0.3 is 0 Å². The van der Waals surface area contributed by atoms with Crippen LogP contribution in [0.2, 0.25) is 0 Å². The zero-order valence-corrected chi connectivity index (χ0v) is 14.4. The van der Waals surface area contributed by atoms with E-state index in [-0.39, 0.29) is 11.8 Å². The first kappa shape index (κ1) is 16.1. The van der Waals surface area contributed by atoms with Gasteiger partial charge in [0.15, 0.2) is 0 Å². The number of H-pyrrole nitrogens is 1. The minimum Gasteiger partial charge on any atom is -0.496 e. The summed E-state index contributed by atoms with van der Waals surface area (Å²) in [6, 6.07) is 7.99. The number of rotatable bonds is 3. The van der Waals surface area contributed by atoms with E-state index in [9.17, 15) is 4.79 Å². The molecule has 2 N–H and O–H groups in total. The van der Waals surface area contributed by atoms with Crippen molar-refractivity contribution >= 4 is 5.91 Å². The Kier molecular flexibility index (Phi) is 4.44. The van der Waals surface area contributed by atoms with Crippen LogP contribution in [0.25, 0.3) is 0 Å². The molecule has 4 rings (SSSR count). The average Bonchev–Trinajstić information content (AvgIpc) is 3.03. The molecular formula is C19H23N3O3. The van der Waals surface area contributed by atoms with E-state index < -0.39 is 0 Å². The monoisotopic (exact) mass is 341 g/mol. The van der Waals surface area contributed by atoms with Crippen molar-refractivity contribution in [3.05, 3.63) is 47.0 Å². The van der Waals surface area contributed by atoms with E-state index in [1.165, 1.54) is 0 Å². The average molecular weight is 341 g/mol. The van der Waals surface area contributed by atoms with Crippen LogP contribution in [0.4, 0.5) is 0 Å². The standard InChI is InChI=1S/C19H23N3O3/c1-24-16-5-3-2-4-14(16)13-10-15-17(19(23)20-11-13)22-18(21-15)12-6-8-25-9-7-12/h2-5,12-13H,6-11H2,1H3,(H,20,23)(H,21,22). The SMILES string of the molecule is COc1ccccc1C1CNC(=O)c2nc(C3CCOCC3)[nH]c2C1. The predicted octanol–water partition coefficient (Wildman–Crippen LogP) is 2.38. The lowest BCUT2D eigenvalue weighted by atomic mass is 9.93. The number of nitrogens with one attached hydrogen (secondary N) is 2. The van der Waals surface area contributed by atoms with Crippen LogP contribution in [-0.2, 0) is 11.2 Å². The molecule has 2 aliphatic rings. The van der Waals surface area contributed by atoms with Crippen molar-refractivity contribution in [2.24, 2.45) is 0 Å². The van der Waals surface area contributed by atoms with Crippen molar-refractivity contribution in [2.45, 2.75) is 31.1 Å². The third kappa shape index (κ3) is 3.14. The molecule has 0 radical (unpaired) electrons. The summed E-state index contributed by atoms with van der Waals surface area (Å²) in [6.07, 6.45) is 2.64. The van der Waals surface area contributed by atoms with Gasteiger partial charge in [-0.25, -0.2) is 4.98 Å². The van der Waals surface area contributed by atoms with Gasteiger partial charge < -0.3 is 19.8 Å². The maximum absolute atomic E-state index is 12.5. The maximum Gasteiger partial charge on any atom is 0.271 e. The lowest BCUT2D eigenvalue weighted by molar-refractivity contribution is 0.0836. The molecule has 1 atom stereocenters. The van der Waals surface area contributed by atoms with E-state index in [0.717, 1.165) is 55.3 Å². The number of ether oxygens (including phenoxy) is 2. The molecular weight excluding hydrogens is 318 g/mol. The van der Waals surface area contributed by atoms with E-state index in [2.05, 4.69) is 21.4 Å². The maximum atomic E-state index is 12.5. The van der Waals surface area contributed by atoms with Crippen molar-refractivity contribution < 1.29 is 14.3 Å². The Morgan fingerprint density at radius 1 is 1.20 bits per heavy atom. The third-order valence-electron chi connectivity index (χ3n) is 5.16. The van der Waals surface area contributed by atoms with E-state index in [4.69, 9.17) is 9.47 Å². The minimum atomic E-state index is -0.0954. The second kappa shape index (κ2) is 6.88. The number of carbonyl (C=O) groups is 1. The lowest BCUT2D eigenvalue weighted by Crippen LogP contribution is -2.27. The summed E-state index contributed by atoms with van der Waals surface area (Å²) < 4.78 is 10.9. The molecule has 6 heteroatoms. The number of benzene rings is 1. The molecule has 1 saturated heterocycles. The van der Waals surface area contributed by atoms with E-state index in [0.29, 0.717) is 18.2 Å². The molecule has 0 saturated carbocycles. The summed E-state index contributed by atoms with van der Waals surface area (Å²) in [7, 11) is 1.68. The number of para-hydroxylation sites is 1. The smallest absolute Gasteiger partial charge is 0.271 e. The van der Waals surface area contributed by atoms with Crippen LogP contribution in [-0.4, -0.2) is 42.7 Å². The first-order chi connectivity index (χ1) is 12.3. The Labute approximate surface area is 146 Å². The fraction of sp³-hybridized carbons (Fsp3) is 0.474. The molecule has 2 aromatic rings. The summed E-state index contributed by atoms with van der Waals surface area (Å²) in [4.78, 5) is 20.6. The minimum absolute atomic E-state index is 0.0954. The van der Waals surface area contributed by atoms with Crippen molar-refractivity contribution in [2.75, 3.05) is 26.9 Å². The normalized spacial score (nSPS) is 21.3. The second-order valence-electron chi connectivity index (χ2n) is 6.69. The summed E-state index contributed by atoms with van der Waals surface area (Å²) >= 11 is 0. The Balaban J connectivity index is 1.64. The number of fused-ring (bicyclic) bond motifs is 1. The molecule has 1 aromatic carbocycles. The van der Waals surface area contributed by atoms with Gasteiger partial charge in [0, 0.05) is 37.3 Å². The van der Waals surface area contributed by atoms with Gasteiger partial charge in [0.05, 0.1) is 7.11 Å². The molecule has 3 heterocycles. The van der Waals surface area contributed by atoms with Gasteiger partial charge in [0.25, 0.3) is 5.91 Å².